The molecule has 0 spiro atoms. The van der Waals surface area contributed by atoms with Crippen molar-refractivity contribution in [2.24, 2.45) is 0 Å². The van der Waals surface area contributed by atoms with Crippen LogP contribution in [0.15, 0.2) is 12.1 Å². The van der Waals surface area contributed by atoms with E-state index in [1.807, 2.05) is 12.1 Å². The van der Waals surface area contributed by atoms with Crippen LogP contribution < -0.4 is 0 Å². The third-order valence-electron chi connectivity index (χ3n) is 1.72. The van der Waals surface area contributed by atoms with Gasteiger partial charge in [0.1, 0.15) is 5.60 Å². The van der Waals surface area contributed by atoms with Gasteiger partial charge in [-0.25, -0.2) is 0 Å². The van der Waals surface area contributed by atoms with Gasteiger partial charge in [-0.05, 0) is 25.0 Å². The largest absolute Gasteiger partial charge is 0.378 e. The Hall–Kier alpha value is -0.490. The van der Waals surface area contributed by atoms with Crippen molar-refractivity contribution in [1.29, 1.82) is 0 Å². The van der Waals surface area contributed by atoms with Crippen LogP contribution in [0.1, 0.15) is 17.7 Å². The minimum Gasteiger partial charge on any atom is -0.378 e. The van der Waals surface area contributed by atoms with E-state index in [0.29, 0.717) is 0 Å². The second kappa shape index (κ2) is 2.77. The molecular formula is C9H7ClOS. The number of rotatable bonds is 0. The summed E-state index contributed by atoms with van der Waals surface area (Å²) in [5.74, 6) is 5.72. The lowest BCUT2D eigenvalue weighted by atomic mass is 10.3. The molecule has 62 valence electrons. The zero-order valence-electron chi connectivity index (χ0n) is 6.30. The lowest BCUT2D eigenvalue weighted by molar-refractivity contribution is 0.212. The van der Waals surface area contributed by atoms with Crippen LogP contribution in [0.2, 0.25) is 4.34 Å². The van der Waals surface area contributed by atoms with Crippen LogP contribution in [-0.2, 0) is 0 Å². The van der Waals surface area contributed by atoms with Crippen LogP contribution in [0.25, 0.3) is 0 Å². The highest BCUT2D eigenvalue weighted by molar-refractivity contribution is 7.16. The number of thiophene rings is 1. The van der Waals surface area contributed by atoms with Gasteiger partial charge in [-0.1, -0.05) is 23.4 Å². The fourth-order valence-electron chi connectivity index (χ4n) is 0.803. The molecule has 0 bridgehead atoms. The van der Waals surface area contributed by atoms with Gasteiger partial charge < -0.3 is 5.11 Å². The highest BCUT2D eigenvalue weighted by atomic mass is 35.5. The number of halogens is 1. The zero-order valence-corrected chi connectivity index (χ0v) is 7.87. The second-order valence-corrected chi connectivity index (χ2v) is 4.60. The molecule has 2 rings (SSSR count). The summed E-state index contributed by atoms with van der Waals surface area (Å²) in [5, 5.41) is 9.39. The third kappa shape index (κ3) is 1.81. The maximum atomic E-state index is 9.39. The van der Waals surface area contributed by atoms with E-state index in [4.69, 9.17) is 11.6 Å². The summed E-state index contributed by atoms with van der Waals surface area (Å²) in [6.45, 7) is 0. The molecule has 1 nitrogen and oxygen atoms in total. The molecule has 0 radical (unpaired) electrons. The lowest BCUT2D eigenvalue weighted by Gasteiger charge is -1.90. The summed E-state index contributed by atoms with van der Waals surface area (Å²) in [5.41, 5.74) is -0.684. The Morgan fingerprint density at radius 3 is 2.75 bits per heavy atom. The fourth-order valence-corrected chi connectivity index (χ4v) is 1.70. The monoisotopic (exact) mass is 198 g/mol. The molecule has 0 atom stereocenters. The minimum absolute atomic E-state index is 0.684. The van der Waals surface area contributed by atoms with Crippen LogP contribution in [0, 0.1) is 11.8 Å². The summed E-state index contributed by atoms with van der Waals surface area (Å²) in [6.07, 6.45) is 1.61. The van der Waals surface area contributed by atoms with E-state index in [0.717, 1.165) is 22.1 Å². The number of aliphatic hydroxyl groups is 1. The van der Waals surface area contributed by atoms with Crippen molar-refractivity contribution in [3.8, 4) is 11.8 Å². The van der Waals surface area contributed by atoms with Crippen molar-refractivity contribution < 1.29 is 5.11 Å². The van der Waals surface area contributed by atoms with Gasteiger partial charge in [-0.2, -0.15) is 0 Å². The fraction of sp³-hybridized carbons (Fsp3) is 0.333. The van der Waals surface area contributed by atoms with E-state index in [-0.39, 0.29) is 0 Å². The van der Waals surface area contributed by atoms with Gasteiger partial charge in [0.15, 0.2) is 0 Å². The average Bonchev–Trinajstić information content (AvgIpc) is 2.60. The lowest BCUT2D eigenvalue weighted by Crippen LogP contribution is -2.00. The molecule has 0 aliphatic heterocycles. The minimum atomic E-state index is -0.684. The van der Waals surface area contributed by atoms with Crippen LogP contribution in [0.3, 0.4) is 0 Å². The Balaban J connectivity index is 2.15. The molecule has 1 aliphatic rings. The number of hydrogen-bond donors (Lipinski definition) is 1. The molecule has 3 heteroatoms. The highest BCUT2D eigenvalue weighted by Crippen LogP contribution is 2.34. The molecule has 1 aliphatic carbocycles. The van der Waals surface area contributed by atoms with Crippen LogP contribution in [-0.4, -0.2) is 10.7 Å². The van der Waals surface area contributed by atoms with Crippen molar-refractivity contribution in [3.63, 3.8) is 0 Å². The maximum Gasteiger partial charge on any atom is 0.126 e. The summed E-state index contributed by atoms with van der Waals surface area (Å²) in [4.78, 5) is 0.917. The molecule has 12 heavy (non-hydrogen) atoms. The van der Waals surface area contributed by atoms with E-state index < -0.39 is 5.60 Å². The summed E-state index contributed by atoms with van der Waals surface area (Å²) >= 11 is 7.15. The van der Waals surface area contributed by atoms with Crippen molar-refractivity contribution in [3.05, 3.63) is 21.3 Å². The number of hydrogen-bond acceptors (Lipinski definition) is 2. The Labute approximate surface area is 80.0 Å². The smallest absolute Gasteiger partial charge is 0.126 e. The van der Waals surface area contributed by atoms with E-state index in [2.05, 4.69) is 11.8 Å². The van der Waals surface area contributed by atoms with E-state index >= 15 is 0 Å². The Bertz CT molecular complexity index is 354. The average molecular weight is 199 g/mol. The van der Waals surface area contributed by atoms with E-state index in [9.17, 15) is 5.11 Å². The van der Waals surface area contributed by atoms with Crippen molar-refractivity contribution in [1.82, 2.24) is 0 Å². The summed E-state index contributed by atoms with van der Waals surface area (Å²) < 4.78 is 0.738. The van der Waals surface area contributed by atoms with E-state index in [1.54, 1.807) is 0 Å². The first-order chi connectivity index (χ1) is 5.68. The normalized spacial score (nSPS) is 18.2. The first kappa shape index (κ1) is 8.12. The van der Waals surface area contributed by atoms with Crippen LogP contribution >= 0.6 is 22.9 Å². The first-order valence-corrected chi connectivity index (χ1v) is 4.88. The SMILES string of the molecule is OC1(C#Cc2ccc(Cl)s2)CC1. The van der Waals surface area contributed by atoms with Crippen molar-refractivity contribution in [2.75, 3.05) is 0 Å². The molecule has 0 unspecified atom stereocenters. The molecule has 1 aromatic rings. The molecule has 1 fully saturated rings. The standard InChI is InChI=1S/C9H7ClOS/c10-8-2-1-7(12-8)3-4-9(11)5-6-9/h1-2,11H,5-6H2. The van der Waals surface area contributed by atoms with Gasteiger partial charge in [0.05, 0.1) is 9.21 Å². The maximum absolute atomic E-state index is 9.39. The highest BCUT2D eigenvalue weighted by Gasteiger charge is 2.38. The third-order valence-corrected chi connectivity index (χ3v) is 2.86. The van der Waals surface area contributed by atoms with Gasteiger partial charge in [0.2, 0.25) is 0 Å². The van der Waals surface area contributed by atoms with Gasteiger partial charge >= 0.3 is 0 Å². The second-order valence-electron chi connectivity index (χ2n) is 2.89. The quantitative estimate of drug-likeness (QED) is 0.635. The van der Waals surface area contributed by atoms with Crippen molar-refractivity contribution in [2.45, 2.75) is 18.4 Å². The molecule has 1 heterocycles. The predicted molar refractivity (Wildman–Crippen MR) is 50.4 cm³/mol. The molecule has 1 saturated carbocycles. The molecule has 0 saturated heterocycles. The Kier molecular flexibility index (Phi) is 1.88. The summed E-state index contributed by atoms with van der Waals surface area (Å²) in [6, 6.07) is 3.68. The van der Waals surface area contributed by atoms with Crippen LogP contribution in [0.5, 0.6) is 0 Å². The molecule has 0 aromatic carbocycles. The predicted octanol–water partition coefficient (Wildman–Crippen LogP) is 2.28. The zero-order chi connectivity index (χ0) is 8.60. The molecule has 1 N–H and O–H groups in total. The van der Waals surface area contributed by atoms with E-state index in [1.165, 1.54) is 11.3 Å². The first-order valence-electron chi connectivity index (χ1n) is 3.69. The van der Waals surface area contributed by atoms with Crippen molar-refractivity contribution >= 4 is 22.9 Å². The summed E-state index contributed by atoms with van der Waals surface area (Å²) in [7, 11) is 0. The molecule has 1 aromatic heterocycles. The molecule has 0 amide bonds. The topological polar surface area (TPSA) is 20.2 Å². The van der Waals surface area contributed by atoms with Crippen LogP contribution in [0.4, 0.5) is 0 Å². The van der Waals surface area contributed by atoms with Gasteiger partial charge in [-0.15, -0.1) is 11.3 Å². The Morgan fingerprint density at radius 2 is 2.25 bits per heavy atom. The van der Waals surface area contributed by atoms with Gasteiger partial charge in [0, 0.05) is 0 Å². The van der Waals surface area contributed by atoms with Gasteiger partial charge in [0.25, 0.3) is 0 Å². The van der Waals surface area contributed by atoms with Gasteiger partial charge in [-0.3, -0.25) is 0 Å². The Morgan fingerprint density at radius 1 is 1.50 bits per heavy atom. The molecular weight excluding hydrogens is 192 g/mol.